The SMILES string of the molecule is O=C(Nc1ccc(N2CCC3(CC2)OCCO3)cn1)c1cccc(Cl)c1. The monoisotopic (exact) mass is 373 g/mol. The molecule has 1 spiro atoms. The molecule has 2 aliphatic heterocycles. The van der Waals surface area contributed by atoms with Crippen molar-refractivity contribution in [2.24, 2.45) is 0 Å². The van der Waals surface area contributed by atoms with Crippen LogP contribution in [0.15, 0.2) is 42.6 Å². The number of carbonyl (C=O) groups excluding carboxylic acids is 1. The standard InChI is InChI=1S/C19H20ClN3O3/c20-15-3-1-2-14(12-15)18(24)22-17-5-4-16(13-21-17)23-8-6-19(7-9-23)25-10-11-26-19/h1-5,12-13H,6-11H2,(H,21,22,24). The third-order valence-electron chi connectivity index (χ3n) is 4.78. The van der Waals surface area contributed by atoms with Gasteiger partial charge in [-0.05, 0) is 30.3 Å². The minimum absolute atomic E-state index is 0.233. The highest BCUT2D eigenvalue weighted by molar-refractivity contribution is 6.31. The van der Waals surface area contributed by atoms with Gasteiger partial charge in [-0.15, -0.1) is 0 Å². The topological polar surface area (TPSA) is 63.7 Å². The molecule has 1 N–H and O–H groups in total. The zero-order chi connectivity index (χ0) is 18.0. The molecule has 0 bridgehead atoms. The van der Waals surface area contributed by atoms with Gasteiger partial charge in [0.2, 0.25) is 0 Å². The summed E-state index contributed by atoms with van der Waals surface area (Å²) in [5.74, 6) is -0.104. The molecule has 3 heterocycles. The molecular formula is C19H20ClN3O3. The molecule has 2 aromatic rings. The Morgan fingerprint density at radius 3 is 2.58 bits per heavy atom. The number of benzene rings is 1. The number of rotatable bonds is 3. The number of pyridine rings is 1. The number of amides is 1. The summed E-state index contributed by atoms with van der Waals surface area (Å²) in [6, 6.07) is 10.6. The second-order valence-electron chi connectivity index (χ2n) is 6.46. The molecule has 136 valence electrons. The van der Waals surface area contributed by atoms with Crippen molar-refractivity contribution in [1.82, 2.24) is 4.98 Å². The van der Waals surface area contributed by atoms with Crippen molar-refractivity contribution in [2.75, 3.05) is 36.5 Å². The Kier molecular flexibility index (Phi) is 4.80. The maximum atomic E-state index is 12.2. The molecular weight excluding hydrogens is 354 g/mol. The third-order valence-corrected chi connectivity index (χ3v) is 5.02. The normalized spacial score (nSPS) is 18.9. The van der Waals surface area contributed by atoms with Crippen LogP contribution in [-0.2, 0) is 9.47 Å². The summed E-state index contributed by atoms with van der Waals surface area (Å²) >= 11 is 5.92. The van der Waals surface area contributed by atoms with Gasteiger partial charge >= 0.3 is 0 Å². The lowest BCUT2D eigenvalue weighted by atomic mass is 10.0. The van der Waals surface area contributed by atoms with Crippen LogP contribution in [0.3, 0.4) is 0 Å². The number of piperidine rings is 1. The number of nitrogens with zero attached hydrogens (tertiary/aromatic N) is 2. The molecule has 4 rings (SSSR count). The Labute approximate surface area is 157 Å². The fraction of sp³-hybridized carbons (Fsp3) is 0.368. The fourth-order valence-corrected chi connectivity index (χ4v) is 3.55. The van der Waals surface area contributed by atoms with Crippen LogP contribution in [0.25, 0.3) is 0 Å². The van der Waals surface area contributed by atoms with E-state index in [0.717, 1.165) is 31.6 Å². The summed E-state index contributed by atoms with van der Waals surface area (Å²) in [6.07, 6.45) is 3.47. The van der Waals surface area contributed by atoms with Crippen molar-refractivity contribution in [2.45, 2.75) is 18.6 Å². The van der Waals surface area contributed by atoms with E-state index in [1.165, 1.54) is 0 Å². The molecule has 0 atom stereocenters. The summed E-state index contributed by atoms with van der Waals surface area (Å²) in [5.41, 5.74) is 1.53. The number of carbonyl (C=O) groups is 1. The Bertz CT molecular complexity index is 781. The van der Waals surface area contributed by atoms with Gasteiger partial charge in [-0.1, -0.05) is 17.7 Å². The Morgan fingerprint density at radius 1 is 1.15 bits per heavy atom. The highest BCUT2D eigenvalue weighted by Crippen LogP contribution is 2.33. The summed E-state index contributed by atoms with van der Waals surface area (Å²) in [7, 11) is 0. The molecule has 2 aliphatic rings. The lowest BCUT2D eigenvalue weighted by molar-refractivity contribution is -0.169. The van der Waals surface area contributed by atoms with Crippen molar-refractivity contribution in [1.29, 1.82) is 0 Å². The van der Waals surface area contributed by atoms with Crippen molar-refractivity contribution in [3.05, 3.63) is 53.2 Å². The minimum Gasteiger partial charge on any atom is -0.370 e. The fourth-order valence-electron chi connectivity index (χ4n) is 3.36. The summed E-state index contributed by atoms with van der Waals surface area (Å²) in [5, 5.41) is 3.31. The van der Waals surface area contributed by atoms with E-state index in [-0.39, 0.29) is 11.7 Å². The highest BCUT2D eigenvalue weighted by atomic mass is 35.5. The molecule has 0 unspecified atom stereocenters. The molecule has 1 aromatic heterocycles. The van der Waals surface area contributed by atoms with E-state index < -0.39 is 0 Å². The number of anilines is 2. The predicted molar refractivity (Wildman–Crippen MR) is 99.7 cm³/mol. The molecule has 2 saturated heterocycles. The average molecular weight is 374 g/mol. The second kappa shape index (κ2) is 7.23. The predicted octanol–water partition coefficient (Wildman–Crippen LogP) is 3.33. The molecule has 2 fully saturated rings. The first-order chi connectivity index (χ1) is 12.6. The minimum atomic E-state index is -0.380. The number of halogens is 1. The van der Waals surface area contributed by atoms with Gasteiger partial charge < -0.3 is 19.7 Å². The van der Waals surface area contributed by atoms with Gasteiger partial charge in [0.1, 0.15) is 5.82 Å². The number of aromatic nitrogens is 1. The van der Waals surface area contributed by atoms with E-state index >= 15 is 0 Å². The lowest BCUT2D eigenvalue weighted by Crippen LogP contribution is -2.45. The van der Waals surface area contributed by atoms with Gasteiger partial charge in [-0.25, -0.2) is 4.98 Å². The quantitative estimate of drug-likeness (QED) is 0.894. The van der Waals surface area contributed by atoms with Gasteiger partial charge in [-0.3, -0.25) is 4.79 Å². The third kappa shape index (κ3) is 3.67. The van der Waals surface area contributed by atoms with Gasteiger partial charge in [0.15, 0.2) is 5.79 Å². The molecule has 7 heteroatoms. The van der Waals surface area contributed by atoms with Crippen LogP contribution in [0.5, 0.6) is 0 Å². The summed E-state index contributed by atoms with van der Waals surface area (Å²) in [6.45, 7) is 3.08. The molecule has 26 heavy (non-hydrogen) atoms. The number of hydrogen-bond acceptors (Lipinski definition) is 5. The molecule has 6 nitrogen and oxygen atoms in total. The van der Waals surface area contributed by atoms with E-state index in [4.69, 9.17) is 21.1 Å². The first kappa shape index (κ1) is 17.3. The zero-order valence-electron chi connectivity index (χ0n) is 14.3. The van der Waals surface area contributed by atoms with E-state index in [2.05, 4.69) is 15.2 Å². The Balaban J connectivity index is 1.37. The maximum Gasteiger partial charge on any atom is 0.256 e. The van der Waals surface area contributed by atoms with Crippen molar-refractivity contribution in [3.8, 4) is 0 Å². The van der Waals surface area contributed by atoms with Crippen LogP contribution in [0.2, 0.25) is 5.02 Å². The number of hydrogen-bond donors (Lipinski definition) is 1. The van der Waals surface area contributed by atoms with Crippen LogP contribution in [0.4, 0.5) is 11.5 Å². The van der Waals surface area contributed by atoms with Crippen molar-refractivity contribution < 1.29 is 14.3 Å². The Hall–Kier alpha value is -2.15. The largest absolute Gasteiger partial charge is 0.370 e. The van der Waals surface area contributed by atoms with Gasteiger partial charge in [0.25, 0.3) is 5.91 Å². The van der Waals surface area contributed by atoms with Crippen LogP contribution >= 0.6 is 11.6 Å². The first-order valence-electron chi connectivity index (χ1n) is 8.69. The van der Waals surface area contributed by atoms with Crippen LogP contribution < -0.4 is 10.2 Å². The molecule has 1 amide bonds. The number of ether oxygens (including phenoxy) is 2. The van der Waals surface area contributed by atoms with Crippen molar-refractivity contribution >= 4 is 29.0 Å². The van der Waals surface area contributed by atoms with Gasteiger partial charge in [0, 0.05) is 36.5 Å². The summed E-state index contributed by atoms with van der Waals surface area (Å²) < 4.78 is 11.5. The van der Waals surface area contributed by atoms with Gasteiger partial charge in [-0.2, -0.15) is 0 Å². The van der Waals surface area contributed by atoms with Crippen LogP contribution in [0.1, 0.15) is 23.2 Å². The molecule has 0 aliphatic carbocycles. The maximum absolute atomic E-state index is 12.2. The zero-order valence-corrected chi connectivity index (χ0v) is 15.0. The second-order valence-corrected chi connectivity index (χ2v) is 6.90. The van der Waals surface area contributed by atoms with E-state index in [1.807, 2.05) is 12.1 Å². The first-order valence-corrected chi connectivity index (χ1v) is 9.07. The van der Waals surface area contributed by atoms with E-state index in [0.29, 0.717) is 29.6 Å². The molecule has 0 radical (unpaired) electrons. The van der Waals surface area contributed by atoms with Crippen LogP contribution in [-0.4, -0.2) is 43.0 Å². The molecule has 0 saturated carbocycles. The van der Waals surface area contributed by atoms with Crippen LogP contribution in [0, 0.1) is 0 Å². The Morgan fingerprint density at radius 2 is 1.92 bits per heavy atom. The summed E-state index contributed by atoms with van der Waals surface area (Å²) in [4.78, 5) is 18.9. The smallest absolute Gasteiger partial charge is 0.256 e. The highest BCUT2D eigenvalue weighted by Gasteiger charge is 2.39. The number of nitrogens with one attached hydrogen (secondary N) is 1. The van der Waals surface area contributed by atoms with Gasteiger partial charge in [0.05, 0.1) is 25.1 Å². The average Bonchev–Trinajstić information content (AvgIpc) is 3.11. The van der Waals surface area contributed by atoms with E-state index in [9.17, 15) is 4.79 Å². The van der Waals surface area contributed by atoms with Crippen molar-refractivity contribution in [3.63, 3.8) is 0 Å². The van der Waals surface area contributed by atoms with E-state index in [1.54, 1.807) is 30.5 Å². The molecule has 1 aromatic carbocycles. The lowest BCUT2D eigenvalue weighted by Gasteiger charge is -2.38.